The number of carbonyl (C=O) groups is 1. The van der Waals surface area contributed by atoms with E-state index in [2.05, 4.69) is 40.7 Å². The van der Waals surface area contributed by atoms with Crippen LogP contribution < -0.4 is 0 Å². The molecule has 23 heteroatoms. The van der Waals surface area contributed by atoms with Crippen LogP contribution in [0.15, 0.2) is 11.6 Å². The summed E-state index contributed by atoms with van der Waals surface area (Å²) in [7, 11) is 0. The van der Waals surface area contributed by atoms with E-state index in [4.69, 9.17) is 37.9 Å². The molecular weight excluding hydrogens is 1000 g/mol. The summed E-state index contributed by atoms with van der Waals surface area (Å²) in [6, 6.07) is 0. The largest absolute Gasteiger partial charge is 0.432 e. The average molecular weight is 1090 g/mol. The molecule has 0 unspecified atom stereocenters. The Morgan fingerprint density at radius 3 is 1.84 bits per heavy atom. The number of fused-ring (bicyclic) bond motifs is 7. The summed E-state index contributed by atoms with van der Waals surface area (Å²) >= 11 is 0. The van der Waals surface area contributed by atoms with E-state index in [9.17, 15) is 71.5 Å². The van der Waals surface area contributed by atoms with Crippen molar-refractivity contribution in [2.45, 2.75) is 235 Å². The fourth-order valence-electron chi connectivity index (χ4n) is 16.3. The van der Waals surface area contributed by atoms with E-state index in [1.165, 1.54) is 6.92 Å². The predicted molar refractivity (Wildman–Crippen MR) is 258 cm³/mol. The Labute approximate surface area is 442 Å². The van der Waals surface area contributed by atoms with Gasteiger partial charge in [0.25, 0.3) is 0 Å². The molecule has 9 aliphatic rings. The highest BCUT2D eigenvalue weighted by Crippen LogP contribution is 2.76. The molecule has 29 atom stereocenters. The minimum absolute atomic E-state index is 0.0243. The second-order valence-corrected chi connectivity index (χ2v) is 25.8. The zero-order chi connectivity index (χ0) is 55.6. The highest BCUT2D eigenvalue weighted by Gasteiger charge is 2.72. The Balaban J connectivity index is 0.963. The molecule has 0 spiro atoms. The standard InChI is InChI=1S/C53H86O23/c1-22-40(73-43-37(65)31(59)26(58)20-69-43)36(64)39(67)44(70-22)74-41-35(63)33(61)28(19-55)72-46(41)76-47(68)53-14-12-48(2,3)16-24(53)23-8-9-30-49(4)17-25(57)42(75-45-38(66)34(62)32(60)27(18-54)71-45)50(5,21-56)29(49)10-11-52(30,7)51(23,6)13-15-53/h8,22,24-46,54-67H,9-21H2,1-7H3/t22-,24-,25-,26+,27+,28+,29+,30+,31-,32+,33+,34-,35-,36-,37+,38+,39+,40-,41+,42-,43+,44-,45-,46-,49-,50-,51+,52+,53-/m1/s1. The number of hydrogen-bond donors (Lipinski definition) is 14. The van der Waals surface area contributed by atoms with Gasteiger partial charge in [0.15, 0.2) is 25.0 Å². The molecule has 0 bridgehead atoms. The Kier molecular flexibility index (Phi) is 16.5. The zero-order valence-corrected chi connectivity index (χ0v) is 44.6. The normalized spacial score (nSPS) is 55.2. The lowest BCUT2D eigenvalue weighted by molar-refractivity contribution is -0.375. The molecule has 4 aliphatic heterocycles. The molecule has 436 valence electrons. The monoisotopic (exact) mass is 1090 g/mol. The first kappa shape index (κ1) is 59.0. The van der Waals surface area contributed by atoms with Crippen molar-refractivity contribution >= 4 is 5.97 Å². The van der Waals surface area contributed by atoms with Gasteiger partial charge in [-0.2, -0.15) is 0 Å². The maximum Gasteiger partial charge on any atom is 0.315 e. The summed E-state index contributed by atoms with van der Waals surface area (Å²) in [6.45, 7) is 12.2. The van der Waals surface area contributed by atoms with E-state index in [0.717, 1.165) is 5.57 Å². The third-order valence-electron chi connectivity index (χ3n) is 21.1. The van der Waals surface area contributed by atoms with Crippen molar-refractivity contribution in [3.8, 4) is 0 Å². The molecule has 4 saturated carbocycles. The van der Waals surface area contributed by atoms with Gasteiger partial charge in [0.1, 0.15) is 79.4 Å². The zero-order valence-electron chi connectivity index (χ0n) is 44.6. The molecule has 4 saturated heterocycles. The van der Waals surface area contributed by atoms with Crippen LogP contribution in [0.25, 0.3) is 0 Å². The topological polar surface area (TPSA) is 374 Å². The summed E-state index contributed by atoms with van der Waals surface area (Å²) < 4.78 is 47.5. The average Bonchev–Trinajstić information content (AvgIpc) is 3.55. The molecule has 4 heterocycles. The van der Waals surface area contributed by atoms with E-state index >= 15 is 4.79 Å². The van der Waals surface area contributed by atoms with Gasteiger partial charge in [-0.25, -0.2) is 0 Å². The minimum Gasteiger partial charge on any atom is -0.432 e. The molecule has 0 radical (unpaired) electrons. The van der Waals surface area contributed by atoms with Crippen LogP contribution >= 0.6 is 0 Å². The van der Waals surface area contributed by atoms with Crippen molar-refractivity contribution < 1.29 is 114 Å². The number of allylic oxidation sites excluding steroid dienone is 2. The van der Waals surface area contributed by atoms with Crippen LogP contribution in [0.3, 0.4) is 0 Å². The molecule has 23 nitrogen and oxygen atoms in total. The van der Waals surface area contributed by atoms with Crippen molar-refractivity contribution in [2.75, 3.05) is 26.4 Å². The number of aliphatic hydroxyl groups is 14. The number of hydrogen-bond acceptors (Lipinski definition) is 23. The van der Waals surface area contributed by atoms with Crippen LogP contribution in [0, 0.1) is 50.2 Å². The van der Waals surface area contributed by atoms with Crippen LogP contribution in [0.5, 0.6) is 0 Å². The van der Waals surface area contributed by atoms with Crippen LogP contribution in [0.1, 0.15) is 106 Å². The summed E-state index contributed by atoms with van der Waals surface area (Å²) in [5.41, 5.74) is -2.67. The molecule has 76 heavy (non-hydrogen) atoms. The maximum atomic E-state index is 15.4. The second-order valence-electron chi connectivity index (χ2n) is 25.8. The fraction of sp³-hybridized carbons (Fsp3) is 0.943. The Hall–Kier alpha value is -1.63. The molecule has 9 rings (SSSR count). The Morgan fingerprint density at radius 1 is 0.605 bits per heavy atom. The fourth-order valence-corrected chi connectivity index (χ4v) is 16.3. The third-order valence-corrected chi connectivity index (χ3v) is 21.1. The maximum absolute atomic E-state index is 15.4. The van der Waals surface area contributed by atoms with Crippen molar-refractivity contribution in [3.63, 3.8) is 0 Å². The molecule has 8 fully saturated rings. The van der Waals surface area contributed by atoms with Gasteiger partial charge in [-0.1, -0.05) is 53.2 Å². The predicted octanol–water partition coefficient (Wildman–Crippen LogP) is -2.43. The van der Waals surface area contributed by atoms with Gasteiger partial charge >= 0.3 is 5.97 Å². The molecule has 14 N–H and O–H groups in total. The van der Waals surface area contributed by atoms with E-state index in [1.807, 2.05) is 6.92 Å². The summed E-state index contributed by atoms with van der Waals surface area (Å²) in [5, 5.41) is 152. The first-order chi connectivity index (χ1) is 35.6. The third kappa shape index (κ3) is 9.37. The van der Waals surface area contributed by atoms with Crippen molar-refractivity contribution in [2.24, 2.45) is 50.2 Å². The number of rotatable bonds is 11. The number of carbonyl (C=O) groups excluding carboxylic acids is 1. The van der Waals surface area contributed by atoms with Crippen LogP contribution in [0.4, 0.5) is 0 Å². The van der Waals surface area contributed by atoms with Gasteiger partial charge in [0, 0.05) is 5.41 Å². The molecular formula is C53H86O23. The van der Waals surface area contributed by atoms with Crippen molar-refractivity contribution in [1.82, 2.24) is 0 Å². The van der Waals surface area contributed by atoms with Crippen LogP contribution in [-0.4, -0.2) is 233 Å². The lowest BCUT2D eigenvalue weighted by Crippen LogP contribution is -2.69. The minimum atomic E-state index is -1.91. The van der Waals surface area contributed by atoms with Gasteiger partial charge in [-0.3, -0.25) is 4.79 Å². The number of esters is 1. The van der Waals surface area contributed by atoms with E-state index in [-0.39, 0.29) is 48.2 Å². The lowest BCUT2D eigenvalue weighted by Gasteiger charge is -2.72. The first-order valence-corrected chi connectivity index (χ1v) is 27.4. The molecule has 0 amide bonds. The smallest absolute Gasteiger partial charge is 0.315 e. The quantitative estimate of drug-likeness (QED) is 0.0581. The SMILES string of the molecule is C[C@H]1O[C@H](O[C@@H]2[C@@H](OC(=O)[C@@]34CCC(C)(C)C[C@@H]3C3=CC[C@H]5[C@]6(C)C[C@@H](O)[C@@H](O[C@H]7O[C@@H](CO)[C@H](O)[C@@H](O)[C@@H]7O)[C@](C)(CO)[C@H]6CC[C@]5(C)[C@@]3(C)CC4)O[C@@H](CO)[C@H](O)[C@H]2O)[C@@H](O)[C@@H](O)[C@@H]1O[C@@H]1OC[C@H](O)[C@@H](O)[C@@H]1O. The van der Waals surface area contributed by atoms with E-state index in [1.54, 1.807) is 0 Å². The van der Waals surface area contributed by atoms with Crippen molar-refractivity contribution in [3.05, 3.63) is 11.6 Å². The highest BCUT2D eigenvalue weighted by atomic mass is 16.8. The van der Waals surface area contributed by atoms with Gasteiger partial charge in [0.2, 0.25) is 6.29 Å². The van der Waals surface area contributed by atoms with Gasteiger partial charge in [0.05, 0.1) is 50.2 Å². The second kappa shape index (κ2) is 21.3. The van der Waals surface area contributed by atoms with Crippen LogP contribution in [-0.2, 0) is 42.7 Å². The van der Waals surface area contributed by atoms with E-state index < -0.39 is 170 Å². The summed E-state index contributed by atoms with van der Waals surface area (Å²) in [5.74, 6) is -1.20. The first-order valence-electron chi connectivity index (χ1n) is 27.4. The number of aliphatic hydroxyl groups excluding tert-OH is 14. The Morgan fingerprint density at radius 2 is 1.18 bits per heavy atom. The summed E-state index contributed by atoms with van der Waals surface area (Å²) in [6.07, 6.45) is -25.5. The van der Waals surface area contributed by atoms with Crippen molar-refractivity contribution in [1.29, 1.82) is 0 Å². The van der Waals surface area contributed by atoms with Crippen LogP contribution in [0.2, 0.25) is 0 Å². The molecule has 0 aromatic carbocycles. The molecule has 0 aromatic heterocycles. The van der Waals surface area contributed by atoms with Gasteiger partial charge in [-0.15, -0.1) is 0 Å². The lowest BCUT2D eigenvalue weighted by atomic mass is 9.33. The Bertz CT molecular complexity index is 2100. The van der Waals surface area contributed by atoms with Gasteiger partial charge in [-0.05, 0) is 104 Å². The number of ether oxygens (including phenoxy) is 8. The van der Waals surface area contributed by atoms with Gasteiger partial charge < -0.3 is 109 Å². The summed E-state index contributed by atoms with van der Waals surface area (Å²) in [4.78, 5) is 15.4. The molecule has 0 aromatic rings. The van der Waals surface area contributed by atoms with E-state index in [0.29, 0.717) is 51.4 Å². The highest BCUT2D eigenvalue weighted by molar-refractivity contribution is 5.79. The molecule has 5 aliphatic carbocycles.